The topological polar surface area (TPSA) is 46.2 Å². The summed E-state index contributed by atoms with van der Waals surface area (Å²) in [5.74, 6) is 0. The zero-order valence-electron chi connectivity index (χ0n) is 12.3. The molecule has 2 aromatic rings. The maximum atomic E-state index is 12.4. The lowest BCUT2D eigenvalue weighted by Crippen LogP contribution is -2.26. The summed E-state index contributed by atoms with van der Waals surface area (Å²) in [5, 5.41) is 0.519. The van der Waals surface area contributed by atoms with Crippen LogP contribution in [-0.2, 0) is 22.9 Å². The van der Waals surface area contributed by atoms with Crippen LogP contribution in [0.15, 0.2) is 47.4 Å². The zero-order chi connectivity index (χ0) is 15.7. The molecular formula is C17H18ClNO2S. The van der Waals surface area contributed by atoms with Gasteiger partial charge in [-0.15, -0.1) is 0 Å². The predicted octanol–water partition coefficient (Wildman–Crippen LogP) is 3.87. The molecule has 0 aromatic heterocycles. The van der Waals surface area contributed by atoms with Gasteiger partial charge in [0.15, 0.2) is 0 Å². The molecule has 1 atom stereocenters. The van der Waals surface area contributed by atoms with Gasteiger partial charge in [-0.1, -0.05) is 29.8 Å². The molecule has 3 rings (SSSR count). The third-order valence-electron chi connectivity index (χ3n) is 4.08. The minimum atomic E-state index is -3.55. The molecule has 0 unspecified atom stereocenters. The van der Waals surface area contributed by atoms with Gasteiger partial charge in [-0.3, -0.25) is 0 Å². The Morgan fingerprint density at radius 2 is 1.73 bits per heavy atom. The summed E-state index contributed by atoms with van der Waals surface area (Å²) in [5.41, 5.74) is 3.73. The second kappa shape index (κ2) is 6.03. The molecule has 0 heterocycles. The minimum absolute atomic E-state index is 0.227. The maximum absolute atomic E-state index is 12.4. The second-order valence-corrected chi connectivity index (χ2v) is 7.83. The summed E-state index contributed by atoms with van der Waals surface area (Å²) in [6.07, 6.45) is 3.39. The SMILES string of the molecule is C[C@H](NS(=O)(=O)c1ccc(Cl)cc1)c1ccc2c(c1)CCC2. The van der Waals surface area contributed by atoms with Crippen molar-refractivity contribution in [3.05, 3.63) is 64.2 Å². The van der Waals surface area contributed by atoms with Gasteiger partial charge >= 0.3 is 0 Å². The smallest absolute Gasteiger partial charge is 0.207 e. The van der Waals surface area contributed by atoms with Gasteiger partial charge in [0, 0.05) is 11.1 Å². The highest BCUT2D eigenvalue weighted by atomic mass is 35.5. The number of hydrogen-bond donors (Lipinski definition) is 1. The number of nitrogens with one attached hydrogen (secondary N) is 1. The molecule has 0 spiro atoms. The third-order valence-corrected chi connectivity index (χ3v) is 5.89. The predicted molar refractivity (Wildman–Crippen MR) is 88.7 cm³/mol. The zero-order valence-corrected chi connectivity index (χ0v) is 13.9. The number of fused-ring (bicyclic) bond motifs is 1. The molecule has 2 aromatic carbocycles. The largest absolute Gasteiger partial charge is 0.241 e. The summed E-state index contributed by atoms with van der Waals surface area (Å²) in [7, 11) is -3.55. The molecule has 1 aliphatic rings. The Morgan fingerprint density at radius 3 is 2.45 bits per heavy atom. The Kier molecular flexibility index (Phi) is 4.26. The first-order valence-corrected chi connectivity index (χ1v) is 9.21. The molecule has 3 nitrogen and oxygen atoms in total. The average Bonchev–Trinajstić information content (AvgIpc) is 2.94. The van der Waals surface area contributed by atoms with Gasteiger partial charge < -0.3 is 0 Å². The molecule has 0 saturated carbocycles. The quantitative estimate of drug-likeness (QED) is 0.922. The van der Waals surface area contributed by atoms with Crippen molar-refractivity contribution >= 4 is 21.6 Å². The van der Waals surface area contributed by atoms with E-state index in [0.717, 1.165) is 18.4 Å². The van der Waals surface area contributed by atoms with Crippen LogP contribution in [0.3, 0.4) is 0 Å². The number of sulfonamides is 1. The lowest BCUT2D eigenvalue weighted by molar-refractivity contribution is 0.567. The molecule has 0 bridgehead atoms. The van der Waals surface area contributed by atoms with E-state index in [1.807, 2.05) is 13.0 Å². The standard InChI is InChI=1S/C17H18ClNO2S/c1-12(14-6-5-13-3-2-4-15(13)11-14)19-22(20,21)17-9-7-16(18)8-10-17/h5-12,19H,2-4H2,1H3/t12-/m0/s1. The van der Waals surface area contributed by atoms with Crippen molar-refractivity contribution in [3.8, 4) is 0 Å². The van der Waals surface area contributed by atoms with Gasteiger partial charge in [-0.25, -0.2) is 13.1 Å². The third kappa shape index (κ3) is 3.19. The molecule has 0 amide bonds. The highest BCUT2D eigenvalue weighted by Crippen LogP contribution is 2.26. The van der Waals surface area contributed by atoms with Crippen LogP contribution in [0.2, 0.25) is 5.02 Å². The normalized spacial score (nSPS) is 15.5. The Hall–Kier alpha value is -1.36. The number of halogens is 1. The molecule has 116 valence electrons. The summed E-state index contributed by atoms with van der Waals surface area (Å²) in [6.45, 7) is 1.87. The van der Waals surface area contributed by atoms with E-state index in [9.17, 15) is 8.42 Å². The average molecular weight is 336 g/mol. The molecule has 22 heavy (non-hydrogen) atoms. The van der Waals surface area contributed by atoms with E-state index in [1.54, 1.807) is 12.1 Å². The first kappa shape index (κ1) is 15.5. The van der Waals surface area contributed by atoms with E-state index >= 15 is 0 Å². The Morgan fingerprint density at radius 1 is 1.05 bits per heavy atom. The second-order valence-electron chi connectivity index (χ2n) is 5.68. The van der Waals surface area contributed by atoms with Crippen molar-refractivity contribution in [1.29, 1.82) is 0 Å². The first-order chi connectivity index (χ1) is 10.5. The van der Waals surface area contributed by atoms with Crippen LogP contribution in [-0.4, -0.2) is 8.42 Å². The van der Waals surface area contributed by atoms with Gasteiger partial charge in [-0.2, -0.15) is 0 Å². The fraction of sp³-hybridized carbons (Fsp3) is 0.294. The lowest BCUT2D eigenvalue weighted by Gasteiger charge is -2.16. The van der Waals surface area contributed by atoms with Crippen LogP contribution in [0.4, 0.5) is 0 Å². The van der Waals surface area contributed by atoms with E-state index in [-0.39, 0.29) is 10.9 Å². The maximum Gasteiger partial charge on any atom is 0.241 e. The van der Waals surface area contributed by atoms with Crippen LogP contribution < -0.4 is 4.72 Å². The van der Waals surface area contributed by atoms with Crippen LogP contribution in [0.25, 0.3) is 0 Å². The Bertz CT molecular complexity index is 785. The molecule has 0 aliphatic heterocycles. The fourth-order valence-electron chi connectivity index (χ4n) is 2.84. The molecular weight excluding hydrogens is 318 g/mol. The van der Waals surface area contributed by atoms with Crippen molar-refractivity contribution in [1.82, 2.24) is 4.72 Å². The van der Waals surface area contributed by atoms with Crippen molar-refractivity contribution in [2.24, 2.45) is 0 Å². The number of aryl methyl sites for hydroxylation is 2. The van der Waals surface area contributed by atoms with E-state index in [1.165, 1.54) is 29.7 Å². The van der Waals surface area contributed by atoms with E-state index < -0.39 is 10.0 Å². The Labute approximate surface area is 136 Å². The van der Waals surface area contributed by atoms with E-state index in [4.69, 9.17) is 11.6 Å². The molecule has 1 N–H and O–H groups in total. The van der Waals surface area contributed by atoms with Crippen LogP contribution in [0, 0.1) is 0 Å². The molecule has 0 fully saturated rings. The lowest BCUT2D eigenvalue weighted by atomic mass is 10.0. The number of hydrogen-bond acceptors (Lipinski definition) is 2. The van der Waals surface area contributed by atoms with Crippen molar-refractivity contribution < 1.29 is 8.42 Å². The summed E-state index contributed by atoms with van der Waals surface area (Å²) < 4.78 is 27.5. The highest BCUT2D eigenvalue weighted by molar-refractivity contribution is 7.89. The number of benzene rings is 2. The summed E-state index contributed by atoms with van der Waals surface area (Å²) in [6, 6.07) is 12.2. The molecule has 0 saturated heterocycles. The van der Waals surface area contributed by atoms with Crippen LogP contribution >= 0.6 is 11.6 Å². The van der Waals surface area contributed by atoms with Gasteiger partial charge in [0.25, 0.3) is 0 Å². The Balaban J connectivity index is 1.81. The molecule has 0 radical (unpaired) electrons. The van der Waals surface area contributed by atoms with Crippen LogP contribution in [0.5, 0.6) is 0 Å². The highest BCUT2D eigenvalue weighted by Gasteiger charge is 2.19. The van der Waals surface area contributed by atoms with Crippen molar-refractivity contribution in [2.45, 2.75) is 37.1 Å². The van der Waals surface area contributed by atoms with Crippen molar-refractivity contribution in [3.63, 3.8) is 0 Å². The monoisotopic (exact) mass is 335 g/mol. The van der Waals surface area contributed by atoms with E-state index in [2.05, 4.69) is 16.9 Å². The van der Waals surface area contributed by atoms with Gasteiger partial charge in [0.05, 0.1) is 4.90 Å². The summed E-state index contributed by atoms with van der Waals surface area (Å²) >= 11 is 5.80. The number of rotatable bonds is 4. The minimum Gasteiger partial charge on any atom is -0.207 e. The van der Waals surface area contributed by atoms with E-state index in [0.29, 0.717) is 5.02 Å². The molecule has 5 heteroatoms. The fourth-order valence-corrected chi connectivity index (χ4v) is 4.20. The van der Waals surface area contributed by atoms with Crippen molar-refractivity contribution in [2.75, 3.05) is 0 Å². The first-order valence-electron chi connectivity index (χ1n) is 7.35. The van der Waals surface area contributed by atoms with Crippen LogP contribution in [0.1, 0.15) is 36.1 Å². The molecule has 1 aliphatic carbocycles. The van der Waals surface area contributed by atoms with Gasteiger partial charge in [0.1, 0.15) is 0 Å². The van der Waals surface area contributed by atoms with Gasteiger partial charge in [0.2, 0.25) is 10.0 Å². The summed E-state index contributed by atoms with van der Waals surface area (Å²) in [4.78, 5) is 0.227. The van der Waals surface area contributed by atoms with Gasteiger partial charge in [-0.05, 0) is 67.1 Å².